The molecule has 0 saturated carbocycles. The quantitative estimate of drug-likeness (QED) is 0.723. The molecule has 14 heavy (non-hydrogen) atoms. The molecule has 74 valence electrons. The predicted octanol–water partition coefficient (Wildman–Crippen LogP) is 2.77. The van der Waals surface area contributed by atoms with Gasteiger partial charge in [0.15, 0.2) is 11.6 Å². The molecule has 0 aromatic heterocycles. The fourth-order valence-corrected chi connectivity index (χ4v) is 1.36. The third-order valence-corrected chi connectivity index (χ3v) is 2.20. The Hall–Kier alpha value is -1.56. The largest absolute Gasteiger partial charge is 0.494 e. The molecule has 1 unspecified atom stereocenters. The molecular weight excluding hydrogens is 181 g/mol. The van der Waals surface area contributed by atoms with Crippen LogP contribution in [0.2, 0.25) is 0 Å². The molecule has 0 spiro atoms. The number of benzene rings is 1. The van der Waals surface area contributed by atoms with Gasteiger partial charge in [-0.05, 0) is 37.1 Å². The van der Waals surface area contributed by atoms with Gasteiger partial charge in [-0.1, -0.05) is 0 Å². The van der Waals surface area contributed by atoms with Crippen LogP contribution in [-0.2, 0) is 0 Å². The van der Waals surface area contributed by atoms with Crippen molar-refractivity contribution in [2.24, 2.45) is 0 Å². The normalized spacial score (nSPS) is 11.9. The predicted molar refractivity (Wildman–Crippen MR) is 51.7 cm³/mol. The maximum Gasteiger partial charge on any atom is 0.165 e. The van der Waals surface area contributed by atoms with Crippen LogP contribution in [0.15, 0.2) is 12.1 Å². The first kappa shape index (κ1) is 10.5. The van der Waals surface area contributed by atoms with Crippen LogP contribution in [0.5, 0.6) is 5.75 Å². The van der Waals surface area contributed by atoms with Gasteiger partial charge < -0.3 is 4.74 Å². The molecule has 0 amide bonds. The molecular formula is C11H12FNO. The average molecular weight is 193 g/mol. The highest BCUT2D eigenvalue weighted by Crippen LogP contribution is 2.26. The lowest BCUT2D eigenvalue weighted by Crippen LogP contribution is -1.97. The Morgan fingerprint density at radius 1 is 1.50 bits per heavy atom. The molecule has 1 atom stereocenters. The van der Waals surface area contributed by atoms with E-state index in [9.17, 15) is 4.39 Å². The van der Waals surface area contributed by atoms with E-state index in [0.717, 1.165) is 11.1 Å². The molecule has 0 aliphatic carbocycles. The van der Waals surface area contributed by atoms with Gasteiger partial charge in [-0.25, -0.2) is 4.39 Å². The number of aryl methyl sites for hydroxylation is 1. The molecule has 0 fully saturated rings. The zero-order valence-electron chi connectivity index (χ0n) is 8.47. The standard InChI is InChI=1S/C11H12FNO/c1-7-4-10(12)11(14-3)5-9(7)8(2)6-13/h4-5,8H,1-3H3. The summed E-state index contributed by atoms with van der Waals surface area (Å²) in [6, 6.07) is 5.09. The molecule has 1 rings (SSSR count). The van der Waals surface area contributed by atoms with Crippen molar-refractivity contribution in [3.05, 3.63) is 29.1 Å². The summed E-state index contributed by atoms with van der Waals surface area (Å²) in [5.41, 5.74) is 1.59. The Labute approximate surface area is 82.9 Å². The van der Waals surface area contributed by atoms with Crippen LogP contribution in [0.25, 0.3) is 0 Å². The molecule has 0 heterocycles. The van der Waals surface area contributed by atoms with Crippen LogP contribution in [0.4, 0.5) is 4.39 Å². The van der Waals surface area contributed by atoms with Crippen molar-refractivity contribution in [3.63, 3.8) is 0 Å². The summed E-state index contributed by atoms with van der Waals surface area (Å²) in [5.74, 6) is -0.448. The van der Waals surface area contributed by atoms with E-state index >= 15 is 0 Å². The van der Waals surface area contributed by atoms with Crippen LogP contribution in [0.3, 0.4) is 0 Å². The van der Waals surface area contributed by atoms with E-state index < -0.39 is 0 Å². The Morgan fingerprint density at radius 2 is 2.14 bits per heavy atom. The molecule has 1 aromatic rings. The average Bonchev–Trinajstić information content (AvgIpc) is 2.17. The molecule has 2 nitrogen and oxygen atoms in total. The van der Waals surface area contributed by atoms with Crippen LogP contribution in [-0.4, -0.2) is 7.11 Å². The van der Waals surface area contributed by atoms with E-state index in [4.69, 9.17) is 10.00 Å². The van der Waals surface area contributed by atoms with Gasteiger partial charge in [-0.3, -0.25) is 0 Å². The fraction of sp³-hybridized carbons (Fsp3) is 0.364. The van der Waals surface area contributed by atoms with Crippen molar-refractivity contribution in [1.82, 2.24) is 0 Å². The zero-order chi connectivity index (χ0) is 10.7. The number of hydrogen-bond donors (Lipinski definition) is 0. The van der Waals surface area contributed by atoms with Crippen LogP contribution >= 0.6 is 0 Å². The number of hydrogen-bond acceptors (Lipinski definition) is 2. The van der Waals surface area contributed by atoms with Gasteiger partial charge in [-0.15, -0.1) is 0 Å². The summed E-state index contributed by atoms with van der Waals surface area (Å²) in [4.78, 5) is 0. The second kappa shape index (κ2) is 4.10. The monoisotopic (exact) mass is 193 g/mol. The number of halogens is 1. The number of rotatable bonds is 2. The summed E-state index contributed by atoms with van der Waals surface area (Å²) in [5, 5.41) is 8.76. The van der Waals surface area contributed by atoms with Gasteiger partial charge in [0, 0.05) is 0 Å². The number of nitrogens with zero attached hydrogens (tertiary/aromatic N) is 1. The second-order valence-corrected chi connectivity index (χ2v) is 3.19. The van der Waals surface area contributed by atoms with Crippen LogP contribution in [0, 0.1) is 24.1 Å². The van der Waals surface area contributed by atoms with Crippen molar-refractivity contribution < 1.29 is 9.13 Å². The van der Waals surface area contributed by atoms with Gasteiger partial charge in [0.1, 0.15) is 0 Å². The highest BCUT2D eigenvalue weighted by molar-refractivity contribution is 5.40. The smallest absolute Gasteiger partial charge is 0.165 e. The van der Waals surface area contributed by atoms with Crippen molar-refractivity contribution in [2.75, 3.05) is 7.11 Å². The molecule has 0 N–H and O–H groups in total. The first-order valence-corrected chi connectivity index (χ1v) is 4.33. The SMILES string of the molecule is COc1cc(C(C)C#N)c(C)cc1F. The van der Waals surface area contributed by atoms with Crippen molar-refractivity contribution >= 4 is 0 Å². The van der Waals surface area contributed by atoms with Gasteiger partial charge in [0.25, 0.3) is 0 Å². The minimum Gasteiger partial charge on any atom is -0.494 e. The van der Waals surface area contributed by atoms with Crippen LogP contribution < -0.4 is 4.74 Å². The van der Waals surface area contributed by atoms with Gasteiger partial charge in [-0.2, -0.15) is 5.26 Å². The summed E-state index contributed by atoms with van der Waals surface area (Å²) in [7, 11) is 1.41. The third-order valence-electron chi connectivity index (χ3n) is 2.20. The van der Waals surface area contributed by atoms with E-state index in [1.807, 2.05) is 0 Å². The van der Waals surface area contributed by atoms with E-state index in [-0.39, 0.29) is 17.5 Å². The lowest BCUT2D eigenvalue weighted by atomic mass is 9.97. The third kappa shape index (κ3) is 1.85. The fourth-order valence-electron chi connectivity index (χ4n) is 1.36. The maximum atomic E-state index is 13.2. The number of ether oxygens (including phenoxy) is 1. The first-order valence-electron chi connectivity index (χ1n) is 4.33. The second-order valence-electron chi connectivity index (χ2n) is 3.19. The van der Waals surface area contributed by atoms with E-state index in [0.29, 0.717) is 0 Å². The minimum atomic E-state index is -0.390. The van der Waals surface area contributed by atoms with Gasteiger partial charge in [0.2, 0.25) is 0 Å². The molecule has 0 saturated heterocycles. The Morgan fingerprint density at radius 3 is 2.64 bits per heavy atom. The lowest BCUT2D eigenvalue weighted by Gasteiger charge is -2.10. The minimum absolute atomic E-state index is 0.188. The first-order chi connectivity index (χ1) is 6.60. The highest BCUT2D eigenvalue weighted by atomic mass is 19.1. The van der Waals surface area contributed by atoms with Crippen molar-refractivity contribution in [3.8, 4) is 11.8 Å². The van der Waals surface area contributed by atoms with Gasteiger partial charge >= 0.3 is 0 Å². The number of methoxy groups -OCH3 is 1. The summed E-state index contributed by atoms with van der Waals surface area (Å²) in [6.45, 7) is 3.56. The summed E-state index contributed by atoms with van der Waals surface area (Å²) >= 11 is 0. The molecule has 3 heteroatoms. The lowest BCUT2D eigenvalue weighted by molar-refractivity contribution is 0.385. The summed E-state index contributed by atoms with van der Waals surface area (Å²) < 4.78 is 18.0. The van der Waals surface area contributed by atoms with E-state index in [1.165, 1.54) is 13.2 Å². The van der Waals surface area contributed by atoms with E-state index in [1.54, 1.807) is 19.9 Å². The van der Waals surface area contributed by atoms with Gasteiger partial charge in [0.05, 0.1) is 19.1 Å². The highest BCUT2D eigenvalue weighted by Gasteiger charge is 2.12. The number of nitriles is 1. The molecule has 0 aliphatic rings. The summed E-state index contributed by atoms with van der Waals surface area (Å²) in [6.07, 6.45) is 0. The topological polar surface area (TPSA) is 33.0 Å². The Kier molecular flexibility index (Phi) is 3.08. The van der Waals surface area contributed by atoms with E-state index in [2.05, 4.69) is 6.07 Å². The Bertz CT molecular complexity index is 382. The van der Waals surface area contributed by atoms with Crippen LogP contribution in [0.1, 0.15) is 24.0 Å². The van der Waals surface area contributed by atoms with Crippen molar-refractivity contribution in [2.45, 2.75) is 19.8 Å². The molecule has 0 aliphatic heterocycles. The zero-order valence-corrected chi connectivity index (χ0v) is 8.47. The maximum absolute atomic E-state index is 13.2. The molecule has 0 radical (unpaired) electrons. The Balaban J connectivity index is 3.25. The molecule has 0 bridgehead atoms. The molecule has 1 aromatic carbocycles. The van der Waals surface area contributed by atoms with Crippen molar-refractivity contribution in [1.29, 1.82) is 5.26 Å².